The van der Waals surface area contributed by atoms with Gasteiger partial charge in [0.15, 0.2) is 0 Å². The first kappa shape index (κ1) is 14.6. The summed E-state index contributed by atoms with van der Waals surface area (Å²) >= 11 is 5.98. The van der Waals surface area contributed by atoms with Gasteiger partial charge in [-0.25, -0.2) is 9.97 Å². The summed E-state index contributed by atoms with van der Waals surface area (Å²) in [7, 11) is 0. The van der Waals surface area contributed by atoms with E-state index in [1.54, 1.807) is 12.1 Å². The zero-order valence-electron chi connectivity index (χ0n) is 12.5. The van der Waals surface area contributed by atoms with Crippen LogP contribution in [0.3, 0.4) is 0 Å². The third-order valence-electron chi connectivity index (χ3n) is 3.54. The summed E-state index contributed by atoms with van der Waals surface area (Å²) in [6, 6.07) is 9.29. The zero-order valence-corrected chi connectivity index (χ0v) is 13.3. The van der Waals surface area contributed by atoms with Gasteiger partial charge in [-0.15, -0.1) is 0 Å². The number of H-pyrrole nitrogens is 1. The Morgan fingerprint density at radius 1 is 1.21 bits per heavy atom. The van der Waals surface area contributed by atoms with Crippen molar-refractivity contribution < 1.29 is 4.52 Å². The van der Waals surface area contributed by atoms with E-state index in [1.807, 2.05) is 24.4 Å². The summed E-state index contributed by atoms with van der Waals surface area (Å²) in [6.07, 6.45) is 3.94. The molecule has 1 aromatic carbocycles. The maximum atomic E-state index is 5.98. The SMILES string of the molecule is Clc1cccc(-c2noc(CCNc3ncnc4[nH]ccc34)n2)c1. The normalized spacial score (nSPS) is 11.0. The standard InChI is InChI=1S/C16H13ClN6O/c17-11-3-1-2-10(8-11)14-22-13(24-23-14)5-7-19-16-12-4-6-18-15(12)20-9-21-16/h1-4,6,8-9H,5,7H2,(H2,18,19,20,21). The minimum atomic E-state index is 0.530. The molecule has 2 N–H and O–H groups in total. The lowest BCUT2D eigenvalue weighted by Gasteiger charge is -2.04. The molecular weight excluding hydrogens is 328 g/mol. The molecule has 4 aromatic rings. The predicted molar refractivity (Wildman–Crippen MR) is 90.8 cm³/mol. The van der Waals surface area contributed by atoms with Crippen LogP contribution in [0.1, 0.15) is 5.89 Å². The van der Waals surface area contributed by atoms with E-state index < -0.39 is 0 Å². The zero-order chi connectivity index (χ0) is 16.4. The molecule has 0 aliphatic rings. The average Bonchev–Trinajstić information content (AvgIpc) is 3.24. The van der Waals surface area contributed by atoms with Crippen LogP contribution >= 0.6 is 11.6 Å². The van der Waals surface area contributed by atoms with Crippen molar-refractivity contribution in [3.63, 3.8) is 0 Å². The van der Waals surface area contributed by atoms with Crippen molar-refractivity contribution in [1.82, 2.24) is 25.1 Å². The molecular formula is C16H13ClN6O. The number of anilines is 1. The molecule has 0 spiro atoms. The molecule has 0 unspecified atom stereocenters. The molecule has 0 aliphatic heterocycles. The fourth-order valence-corrected chi connectivity index (χ4v) is 2.59. The summed E-state index contributed by atoms with van der Waals surface area (Å²) in [5.74, 6) is 1.86. The Morgan fingerprint density at radius 2 is 2.17 bits per heavy atom. The number of rotatable bonds is 5. The molecule has 3 heterocycles. The summed E-state index contributed by atoms with van der Waals surface area (Å²) in [6.45, 7) is 0.620. The molecule has 7 nitrogen and oxygen atoms in total. The molecule has 8 heteroatoms. The monoisotopic (exact) mass is 340 g/mol. The van der Waals surface area contributed by atoms with Crippen LogP contribution in [0.25, 0.3) is 22.4 Å². The van der Waals surface area contributed by atoms with Crippen molar-refractivity contribution in [2.45, 2.75) is 6.42 Å². The van der Waals surface area contributed by atoms with Crippen LogP contribution < -0.4 is 5.32 Å². The number of aromatic amines is 1. The van der Waals surface area contributed by atoms with E-state index in [0.29, 0.717) is 29.7 Å². The summed E-state index contributed by atoms with van der Waals surface area (Å²) in [4.78, 5) is 15.8. The van der Waals surface area contributed by atoms with E-state index in [0.717, 1.165) is 22.4 Å². The first-order chi connectivity index (χ1) is 11.8. The summed E-state index contributed by atoms with van der Waals surface area (Å²) < 4.78 is 5.29. The Bertz CT molecular complexity index is 979. The Kier molecular flexibility index (Phi) is 3.84. The maximum absolute atomic E-state index is 5.98. The van der Waals surface area contributed by atoms with Gasteiger partial charge in [-0.3, -0.25) is 0 Å². The maximum Gasteiger partial charge on any atom is 0.228 e. The first-order valence-corrected chi connectivity index (χ1v) is 7.78. The Labute approximate surface area is 142 Å². The topological polar surface area (TPSA) is 92.5 Å². The van der Waals surface area contributed by atoms with Crippen LogP contribution in [0, 0.1) is 0 Å². The van der Waals surface area contributed by atoms with Crippen molar-refractivity contribution in [2.24, 2.45) is 0 Å². The van der Waals surface area contributed by atoms with E-state index in [-0.39, 0.29) is 0 Å². The molecule has 120 valence electrons. The van der Waals surface area contributed by atoms with Gasteiger partial charge in [0.05, 0.1) is 5.39 Å². The van der Waals surface area contributed by atoms with Gasteiger partial charge in [0.25, 0.3) is 0 Å². The highest BCUT2D eigenvalue weighted by atomic mass is 35.5. The van der Waals surface area contributed by atoms with Crippen LogP contribution in [-0.4, -0.2) is 31.6 Å². The number of nitrogens with zero attached hydrogens (tertiary/aromatic N) is 4. The van der Waals surface area contributed by atoms with Crippen LogP contribution in [-0.2, 0) is 6.42 Å². The molecule has 0 radical (unpaired) electrons. The first-order valence-electron chi connectivity index (χ1n) is 7.40. The minimum absolute atomic E-state index is 0.530. The number of halogens is 1. The lowest BCUT2D eigenvalue weighted by atomic mass is 10.2. The van der Waals surface area contributed by atoms with Crippen molar-refractivity contribution in [2.75, 3.05) is 11.9 Å². The molecule has 0 saturated carbocycles. The number of benzene rings is 1. The second-order valence-electron chi connectivity index (χ2n) is 5.16. The number of aromatic nitrogens is 5. The quantitative estimate of drug-likeness (QED) is 0.579. The molecule has 0 atom stereocenters. The summed E-state index contributed by atoms with van der Waals surface area (Å²) in [5, 5.41) is 8.84. The van der Waals surface area contributed by atoms with E-state index >= 15 is 0 Å². The van der Waals surface area contributed by atoms with Crippen molar-refractivity contribution in [1.29, 1.82) is 0 Å². The molecule has 0 fully saturated rings. The second-order valence-corrected chi connectivity index (χ2v) is 5.60. The van der Waals surface area contributed by atoms with Crippen molar-refractivity contribution in [3.05, 3.63) is 53.8 Å². The van der Waals surface area contributed by atoms with E-state index in [4.69, 9.17) is 16.1 Å². The number of nitrogens with one attached hydrogen (secondary N) is 2. The second kappa shape index (κ2) is 6.29. The van der Waals surface area contributed by atoms with Crippen LogP contribution in [0.4, 0.5) is 5.82 Å². The smallest absolute Gasteiger partial charge is 0.228 e. The third-order valence-corrected chi connectivity index (χ3v) is 3.77. The fraction of sp³-hybridized carbons (Fsp3) is 0.125. The Hall–Kier alpha value is -2.93. The van der Waals surface area contributed by atoms with Gasteiger partial charge in [0.2, 0.25) is 11.7 Å². The highest BCUT2D eigenvalue weighted by Crippen LogP contribution is 2.20. The fourth-order valence-electron chi connectivity index (χ4n) is 2.40. The molecule has 0 saturated heterocycles. The largest absolute Gasteiger partial charge is 0.369 e. The van der Waals surface area contributed by atoms with E-state index in [1.165, 1.54) is 6.33 Å². The van der Waals surface area contributed by atoms with Gasteiger partial charge in [-0.1, -0.05) is 28.9 Å². The van der Waals surface area contributed by atoms with Gasteiger partial charge in [0, 0.05) is 29.7 Å². The highest BCUT2D eigenvalue weighted by molar-refractivity contribution is 6.30. The molecule has 0 amide bonds. The molecule has 3 aromatic heterocycles. The van der Waals surface area contributed by atoms with Crippen molar-refractivity contribution in [3.8, 4) is 11.4 Å². The van der Waals surface area contributed by atoms with Gasteiger partial charge in [-0.2, -0.15) is 4.98 Å². The molecule has 0 aliphatic carbocycles. The average molecular weight is 341 g/mol. The predicted octanol–water partition coefficient (Wildman–Crippen LogP) is 3.32. The number of fused-ring (bicyclic) bond motifs is 1. The van der Waals surface area contributed by atoms with Gasteiger partial charge in [-0.05, 0) is 18.2 Å². The number of hydrogen-bond acceptors (Lipinski definition) is 6. The lowest BCUT2D eigenvalue weighted by molar-refractivity contribution is 0.381. The van der Waals surface area contributed by atoms with Gasteiger partial charge < -0.3 is 14.8 Å². The molecule has 24 heavy (non-hydrogen) atoms. The third kappa shape index (κ3) is 2.93. The summed E-state index contributed by atoms with van der Waals surface area (Å²) in [5.41, 5.74) is 1.63. The van der Waals surface area contributed by atoms with Gasteiger partial charge >= 0.3 is 0 Å². The molecule has 4 rings (SSSR count). The van der Waals surface area contributed by atoms with Crippen LogP contribution in [0.2, 0.25) is 5.02 Å². The van der Waals surface area contributed by atoms with E-state index in [9.17, 15) is 0 Å². The Balaban J connectivity index is 1.43. The van der Waals surface area contributed by atoms with Crippen LogP contribution in [0.15, 0.2) is 47.4 Å². The lowest BCUT2D eigenvalue weighted by Crippen LogP contribution is -2.07. The number of hydrogen-bond donors (Lipinski definition) is 2. The van der Waals surface area contributed by atoms with E-state index in [2.05, 4.69) is 30.4 Å². The van der Waals surface area contributed by atoms with Crippen LogP contribution in [0.5, 0.6) is 0 Å². The minimum Gasteiger partial charge on any atom is -0.369 e. The van der Waals surface area contributed by atoms with Gasteiger partial charge in [0.1, 0.15) is 17.8 Å². The molecule has 0 bridgehead atoms. The highest BCUT2D eigenvalue weighted by Gasteiger charge is 2.09. The Morgan fingerprint density at radius 3 is 3.08 bits per heavy atom. The van der Waals surface area contributed by atoms with Crippen molar-refractivity contribution >= 4 is 28.5 Å².